The number of hydrogen-bond acceptors (Lipinski definition) is 4. The Kier molecular flexibility index (Phi) is 6.64. The van der Waals surface area contributed by atoms with Gasteiger partial charge in [-0.1, -0.05) is 48.5 Å². The molecule has 1 N–H and O–H groups in total. The molecule has 5 nitrogen and oxygen atoms in total. The molecule has 1 amide bonds. The molecule has 0 aliphatic heterocycles. The van der Waals surface area contributed by atoms with Gasteiger partial charge in [0.25, 0.3) is 5.91 Å². The van der Waals surface area contributed by atoms with Crippen LogP contribution in [0.25, 0.3) is 6.08 Å². The molecule has 0 saturated carbocycles. The molecule has 0 bridgehead atoms. The van der Waals surface area contributed by atoms with Crippen LogP contribution in [0.1, 0.15) is 11.1 Å². The molecular weight excluding hydrogens is 364 g/mol. The number of carbonyl (C=O) groups is 1. The van der Waals surface area contributed by atoms with E-state index in [4.69, 9.17) is 9.47 Å². The first-order valence-corrected chi connectivity index (χ1v) is 9.02. The molecule has 0 aliphatic carbocycles. The number of methoxy groups -OCH3 is 1. The lowest BCUT2D eigenvalue weighted by atomic mass is 10.1. The van der Waals surface area contributed by atoms with Gasteiger partial charge in [0.2, 0.25) is 0 Å². The van der Waals surface area contributed by atoms with Crippen molar-refractivity contribution in [3.8, 4) is 17.6 Å². The molecule has 5 heteroatoms. The zero-order valence-electron chi connectivity index (χ0n) is 16.0. The van der Waals surface area contributed by atoms with Crippen LogP contribution in [0.3, 0.4) is 0 Å². The molecule has 0 atom stereocenters. The van der Waals surface area contributed by atoms with Crippen molar-refractivity contribution in [2.75, 3.05) is 12.4 Å². The standard InChI is InChI=1S/C24H20N2O3/c1-28-22-13-11-21(12-14-22)26-24(27)20(16-25)15-19-9-5-6-10-23(19)29-17-18-7-3-2-4-8-18/h2-15H,17H2,1H3,(H,26,27)/b20-15+. The molecule has 0 heterocycles. The average Bonchev–Trinajstić information content (AvgIpc) is 2.77. The highest BCUT2D eigenvalue weighted by Crippen LogP contribution is 2.23. The van der Waals surface area contributed by atoms with Gasteiger partial charge in [0, 0.05) is 11.3 Å². The molecule has 0 radical (unpaired) electrons. The van der Waals surface area contributed by atoms with E-state index < -0.39 is 5.91 Å². The van der Waals surface area contributed by atoms with Crippen LogP contribution in [0.15, 0.2) is 84.4 Å². The van der Waals surface area contributed by atoms with Crippen LogP contribution in [0.4, 0.5) is 5.69 Å². The number of ether oxygens (including phenoxy) is 2. The van der Waals surface area contributed by atoms with Gasteiger partial charge in [-0.2, -0.15) is 5.26 Å². The lowest BCUT2D eigenvalue weighted by molar-refractivity contribution is -0.112. The molecule has 3 aromatic rings. The summed E-state index contributed by atoms with van der Waals surface area (Å²) in [7, 11) is 1.57. The molecular formula is C24H20N2O3. The molecule has 0 aliphatic rings. The van der Waals surface area contributed by atoms with Crippen molar-refractivity contribution in [2.45, 2.75) is 6.61 Å². The van der Waals surface area contributed by atoms with Gasteiger partial charge >= 0.3 is 0 Å². The first-order chi connectivity index (χ1) is 14.2. The number of rotatable bonds is 7. The highest BCUT2D eigenvalue weighted by molar-refractivity contribution is 6.09. The Hall–Kier alpha value is -4.04. The smallest absolute Gasteiger partial charge is 0.266 e. The van der Waals surface area contributed by atoms with E-state index in [1.807, 2.05) is 54.6 Å². The number of carbonyl (C=O) groups excluding carboxylic acids is 1. The quantitative estimate of drug-likeness (QED) is 0.468. The van der Waals surface area contributed by atoms with E-state index in [1.54, 1.807) is 37.4 Å². The summed E-state index contributed by atoms with van der Waals surface area (Å²) in [5.74, 6) is 0.792. The summed E-state index contributed by atoms with van der Waals surface area (Å²) in [5.41, 5.74) is 2.25. The highest BCUT2D eigenvalue weighted by atomic mass is 16.5. The van der Waals surface area contributed by atoms with E-state index in [2.05, 4.69) is 5.32 Å². The number of benzene rings is 3. The minimum atomic E-state index is -0.490. The van der Waals surface area contributed by atoms with E-state index in [-0.39, 0.29) is 5.57 Å². The molecule has 29 heavy (non-hydrogen) atoms. The van der Waals surface area contributed by atoms with Crippen LogP contribution in [-0.4, -0.2) is 13.0 Å². The zero-order valence-corrected chi connectivity index (χ0v) is 16.0. The number of nitriles is 1. The number of hydrogen-bond donors (Lipinski definition) is 1. The minimum absolute atomic E-state index is 0.0171. The normalized spacial score (nSPS) is 10.7. The third-order valence-electron chi connectivity index (χ3n) is 4.17. The molecule has 0 unspecified atom stereocenters. The Balaban J connectivity index is 1.75. The van der Waals surface area contributed by atoms with Gasteiger partial charge in [0.15, 0.2) is 0 Å². The van der Waals surface area contributed by atoms with Gasteiger partial charge in [0.05, 0.1) is 7.11 Å². The second-order valence-corrected chi connectivity index (χ2v) is 6.16. The van der Waals surface area contributed by atoms with Crippen molar-refractivity contribution < 1.29 is 14.3 Å². The van der Waals surface area contributed by atoms with E-state index >= 15 is 0 Å². The highest BCUT2D eigenvalue weighted by Gasteiger charge is 2.11. The minimum Gasteiger partial charge on any atom is -0.497 e. The van der Waals surface area contributed by atoms with E-state index in [0.29, 0.717) is 29.4 Å². The molecule has 3 rings (SSSR count). The predicted molar refractivity (Wildman–Crippen MR) is 112 cm³/mol. The monoisotopic (exact) mass is 384 g/mol. The molecule has 0 fully saturated rings. The maximum Gasteiger partial charge on any atom is 0.266 e. The summed E-state index contributed by atoms with van der Waals surface area (Å²) in [6, 6.07) is 25.9. The summed E-state index contributed by atoms with van der Waals surface area (Å²) in [6.07, 6.45) is 1.53. The van der Waals surface area contributed by atoms with Crippen LogP contribution in [-0.2, 0) is 11.4 Å². The van der Waals surface area contributed by atoms with Gasteiger partial charge in [-0.3, -0.25) is 4.79 Å². The summed E-state index contributed by atoms with van der Waals surface area (Å²) in [4.78, 5) is 12.5. The van der Waals surface area contributed by atoms with Crippen molar-refractivity contribution in [3.63, 3.8) is 0 Å². The van der Waals surface area contributed by atoms with E-state index in [1.165, 1.54) is 6.08 Å². The van der Waals surface area contributed by atoms with E-state index in [9.17, 15) is 10.1 Å². The summed E-state index contributed by atoms with van der Waals surface area (Å²) >= 11 is 0. The molecule has 0 saturated heterocycles. The van der Waals surface area contributed by atoms with Crippen molar-refractivity contribution in [2.24, 2.45) is 0 Å². The predicted octanol–water partition coefficient (Wildman–Crippen LogP) is 4.82. The van der Waals surface area contributed by atoms with Gasteiger partial charge in [-0.05, 0) is 42.0 Å². The maximum absolute atomic E-state index is 12.5. The largest absolute Gasteiger partial charge is 0.497 e. The Bertz CT molecular complexity index is 1040. The lowest BCUT2D eigenvalue weighted by Crippen LogP contribution is -2.13. The Morgan fingerprint density at radius 3 is 2.38 bits per heavy atom. The van der Waals surface area contributed by atoms with Crippen molar-refractivity contribution in [3.05, 3.63) is 95.6 Å². The zero-order chi connectivity index (χ0) is 20.5. The topological polar surface area (TPSA) is 71.3 Å². The maximum atomic E-state index is 12.5. The fourth-order valence-corrected chi connectivity index (χ4v) is 2.64. The van der Waals surface area contributed by atoms with Gasteiger partial charge in [-0.25, -0.2) is 0 Å². The van der Waals surface area contributed by atoms with Gasteiger partial charge in [0.1, 0.15) is 29.7 Å². The first kappa shape index (κ1) is 19.7. The number of anilines is 1. The van der Waals surface area contributed by atoms with Crippen molar-refractivity contribution in [1.29, 1.82) is 5.26 Å². The van der Waals surface area contributed by atoms with Crippen LogP contribution >= 0.6 is 0 Å². The second-order valence-electron chi connectivity index (χ2n) is 6.16. The second kappa shape index (κ2) is 9.77. The summed E-state index contributed by atoms with van der Waals surface area (Å²) < 4.78 is 11.0. The van der Waals surface area contributed by atoms with E-state index in [0.717, 1.165) is 5.56 Å². The summed E-state index contributed by atoms with van der Waals surface area (Å²) in [6.45, 7) is 0.394. The number of para-hydroxylation sites is 1. The Morgan fingerprint density at radius 1 is 1.00 bits per heavy atom. The third kappa shape index (κ3) is 5.47. The lowest BCUT2D eigenvalue weighted by Gasteiger charge is -2.10. The molecule has 144 valence electrons. The Morgan fingerprint density at radius 2 is 1.69 bits per heavy atom. The van der Waals surface area contributed by atoms with Crippen LogP contribution in [0, 0.1) is 11.3 Å². The number of amides is 1. The fraction of sp³-hybridized carbons (Fsp3) is 0.0833. The SMILES string of the molecule is COc1ccc(NC(=O)/C(C#N)=C/c2ccccc2OCc2ccccc2)cc1. The van der Waals surface area contributed by atoms with Crippen molar-refractivity contribution in [1.82, 2.24) is 0 Å². The van der Waals surface area contributed by atoms with Crippen LogP contribution < -0.4 is 14.8 Å². The van der Waals surface area contributed by atoms with Crippen LogP contribution in [0.5, 0.6) is 11.5 Å². The van der Waals surface area contributed by atoms with Crippen LogP contribution in [0.2, 0.25) is 0 Å². The van der Waals surface area contributed by atoms with Gasteiger partial charge in [-0.15, -0.1) is 0 Å². The third-order valence-corrected chi connectivity index (χ3v) is 4.17. The molecule has 0 aromatic heterocycles. The summed E-state index contributed by atoms with van der Waals surface area (Å²) in [5, 5.41) is 12.2. The first-order valence-electron chi connectivity index (χ1n) is 9.02. The number of nitrogens with zero attached hydrogens (tertiary/aromatic N) is 1. The van der Waals surface area contributed by atoms with Gasteiger partial charge < -0.3 is 14.8 Å². The number of nitrogens with one attached hydrogen (secondary N) is 1. The fourth-order valence-electron chi connectivity index (χ4n) is 2.64. The molecule has 3 aromatic carbocycles. The average molecular weight is 384 g/mol. The molecule has 0 spiro atoms. The van der Waals surface area contributed by atoms with Crippen molar-refractivity contribution >= 4 is 17.7 Å². The Labute approximate surface area is 169 Å².